The van der Waals surface area contributed by atoms with E-state index in [-0.39, 0.29) is 17.4 Å². The van der Waals surface area contributed by atoms with Crippen LogP contribution in [0.25, 0.3) is 0 Å². The molecule has 0 radical (unpaired) electrons. The third-order valence-electron chi connectivity index (χ3n) is 3.39. The summed E-state index contributed by atoms with van der Waals surface area (Å²) in [6.45, 7) is 3.58. The molecule has 0 bridgehead atoms. The summed E-state index contributed by atoms with van der Waals surface area (Å²) in [4.78, 5) is 20.4. The van der Waals surface area contributed by atoms with Crippen LogP contribution in [0.5, 0.6) is 5.75 Å². The molecule has 0 saturated carbocycles. The number of aromatic amines is 1. The summed E-state index contributed by atoms with van der Waals surface area (Å²) in [5, 5.41) is 0. The van der Waals surface area contributed by atoms with Gasteiger partial charge < -0.3 is 20.4 Å². The van der Waals surface area contributed by atoms with Crippen molar-refractivity contribution in [2.24, 2.45) is 11.7 Å². The van der Waals surface area contributed by atoms with Crippen molar-refractivity contribution in [1.29, 1.82) is 0 Å². The lowest BCUT2D eigenvalue weighted by molar-refractivity contribution is 0.403. The maximum Gasteiger partial charge on any atom is 0.295 e. The quantitative estimate of drug-likeness (QED) is 0.771. The van der Waals surface area contributed by atoms with E-state index in [1.165, 1.54) is 13.4 Å². The summed E-state index contributed by atoms with van der Waals surface area (Å²) < 4.78 is 5.13. The first kappa shape index (κ1) is 11.9. The highest BCUT2D eigenvalue weighted by molar-refractivity contribution is 5.52. The smallest absolute Gasteiger partial charge is 0.295 e. The number of anilines is 1. The second-order valence-corrected chi connectivity index (χ2v) is 4.35. The molecular weight excluding hydrogens is 220 g/mol. The molecule has 6 nitrogen and oxygen atoms in total. The van der Waals surface area contributed by atoms with E-state index in [0.717, 1.165) is 13.0 Å². The number of nitrogens with zero attached hydrogens (tertiary/aromatic N) is 2. The van der Waals surface area contributed by atoms with E-state index in [0.29, 0.717) is 18.3 Å². The molecule has 17 heavy (non-hydrogen) atoms. The number of hydrogen-bond donors (Lipinski definition) is 2. The molecule has 1 saturated heterocycles. The second-order valence-electron chi connectivity index (χ2n) is 4.35. The number of hydrogen-bond acceptors (Lipinski definition) is 5. The zero-order valence-electron chi connectivity index (χ0n) is 10.1. The molecule has 0 amide bonds. The van der Waals surface area contributed by atoms with Gasteiger partial charge in [-0.05, 0) is 12.3 Å². The highest BCUT2D eigenvalue weighted by atomic mass is 16.5. The Morgan fingerprint density at radius 3 is 3.12 bits per heavy atom. The van der Waals surface area contributed by atoms with Crippen LogP contribution in [0.3, 0.4) is 0 Å². The summed E-state index contributed by atoms with van der Waals surface area (Å²) >= 11 is 0. The minimum absolute atomic E-state index is 0.221. The van der Waals surface area contributed by atoms with E-state index >= 15 is 0 Å². The molecule has 0 aliphatic carbocycles. The maximum atomic E-state index is 11.6. The monoisotopic (exact) mass is 238 g/mol. The number of methoxy groups -OCH3 is 1. The van der Waals surface area contributed by atoms with E-state index < -0.39 is 0 Å². The van der Waals surface area contributed by atoms with Crippen molar-refractivity contribution in [2.45, 2.75) is 19.4 Å². The Balaban J connectivity index is 2.40. The molecular formula is C11H18N4O2. The molecule has 3 N–H and O–H groups in total. The molecule has 6 heteroatoms. The zero-order valence-corrected chi connectivity index (χ0v) is 10.1. The number of aromatic nitrogens is 2. The molecule has 1 aromatic heterocycles. The molecule has 1 fully saturated rings. The van der Waals surface area contributed by atoms with E-state index in [2.05, 4.69) is 21.8 Å². The molecule has 2 rings (SSSR count). The molecule has 2 heterocycles. The number of rotatable bonds is 3. The molecule has 1 aromatic rings. The van der Waals surface area contributed by atoms with Gasteiger partial charge in [0.15, 0.2) is 5.82 Å². The lowest BCUT2D eigenvalue weighted by Gasteiger charge is -2.27. The molecule has 0 spiro atoms. The molecule has 94 valence electrons. The largest absolute Gasteiger partial charge is 0.489 e. The van der Waals surface area contributed by atoms with Crippen LogP contribution in [0.2, 0.25) is 0 Å². The fourth-order valence-corrected chi connectivity index (χ4v) is 2.40. The Hall–Kier alpha value is -1.56. The van der Waals surface area contributed by atoms with E-state index in [1.54, 1.807) is 0 Å². The van der Waals surface area contributed by atoms with Gasteiger partial charge in [0.2, 0.25) is 5.75 Å². The SMILES string of the molecule is COc1c(N2CCC(C)C2CN)nc[nH]c1=O. The van der Waals surface area contributed by atoms with Gasteiger partial charge in [0, 0.05) is 19.1 Å². The fraction of sp³-hybridized carbons (Fsp3) is 0.636. The van der Waals surface area contributed by atoms with Gasteiger partial charge in [-0.2, -0.15) is 0 Å². The number of ether oxygens (including phenoxy) is 1. The van der Waals surface area contributed by atoms with E-state index in [4.69, 9.17) is 10.5 Å². The highest BCUT2D eigenvalue weighted by Crippen LogP contribution is 2.31. The van der Waals surface area contributed by atoms with Crippen LogP contribution in [-0.2, 0) is 0 Å². The molecule has 2 atom stereocenters. The molecule has 2 unspecified atom stereocenters. The van der Waals surface area contributed by atoms with Crippen molar-refractivity contribution >= 4 is 5.82 Å². The summed E-state index contributed by atoms with van der Waals surface area (Å²) in [6.07, 6.45) is 2.45. The lowest BCUT2D eigenvalue weighted by Crippen LogP contribution is -2.39. The van der Waals surface area contributed by atoms with Crippen molar-refractivity contribution in [3.63, 3.8) is 0 Å². The molecule has 0 aromatic carbocycles. The van der Waals surface area contributed by atoms with Gasteiger partial charge in [0.05, 0.1) is 13.4 Å². The fourth-order valence-electron chi connectivity index (χ4n) is 2.40. The third-order valence-corrected chi connectivity index (χ3v) is 3.39. The van der Waals surface area contributed by atoms with E-state index in [9.17, 15) is 4.79 Å². The molecule has 1 aliphatic heterocycles. The predicted octanol–water partition coefficient (Wildman–Crippen LogP) is -0.0480. The Morgan fingerprint density at radius 1 is 1.71 bits per heavy atom. The van der Waals surface area contributed by atoms with Gasteiger partial charge in [-0.1, -0.05) is 6.92 Å². The van der Waals surface area contributed by atoms with Crippen molar-refractivity contribution in [2.75, 3.05) is 25.1 Å². The minimum Gasteiger partial charge on any atom is -0.489 e. The number of H-pyrrole nitrogens is 1. The Kier molecular flexibility index (Phi) is 3.33. The Morgan fingerprint density at radius 2 is 2.47 bits per heavy atom. The predicted molar refractivity (Wildman–Crippen MR) is 65.4 cm³/mol. The van der Waals surface area contributed by atoms with Crippen molar-refractivity contribution < 1.29 is 4.74 Å². The van der Waals surface area contributed by atoms with Gasteiger partial charge in [0.1, 0.15) is 0 Å². The summed E-state index contributed by atoms with van der Waals surface area (Å²) in [7, 11) is 1.48. The zero-order chi connectivity index (χ0) is 12.4. The van der Waals surface area contributed by atoms with Crippen LogP contribution in [0.1, 0.15) is 13.3 Å². The van der Waals surface area contributed by atoms with Gasteiger partial charge in [0.25, 0.3) is 5.56 Å². The van der Waals surface area contributed by atoms with E-state index in [1.807, 2.05) is 0 Å². The summed E-state index contributed by atoms with van der Waals surface area (Å²) in [6, 6.07) is 0.221. The van der Waals surface area contributed by atoms with Crippen LogP contribution in [0, 0.1) is 5.92 Å². The lowest BCUT2D eigenvalue weighted by atomic mass is 10.0. The van der Waals surface area contributed by atoms with Crippen LogP contribution in [-0.4, -0.2) is 36.2 Å². The standard InChI is InChI=1S/C11H18N4O2/c1-7-3-4-15(8(7)5-12)10-9(17-2)11(16)14-6-13-10/h6-8H,3-5,12H2,1-2H3,(H,13,14,16). The van der Waals surface area contributed by atoms with Crippen molar-refractivity contribution in [3.05, 3.63) is 16.7 Å². The normalized spacial score (nSPS) is 24.1. The average Bonchev–Trinajstić information content (AvgIpc) is 2.69. The van der Waals surface area contributed by atoms with Crippen molar-refractivity contribution in [3.8, 4) is 5.75 Å². The van der Waals surface area contributed by atoms with Crippen molar-refractivity contribution in [1.82, 2.24) is 9.97 Å². The third kappa shape index (κ3) is 2.00. The minimum atomic E-state index is -0.257. The van der Waals surface area contributed by atoms with Crippen LogP contribution >= 0.6 is 0 Å². The maximum absolute atomic E-state index is 11.6. The first-order chi connectivity index (χ1) is 8.19. The van der Waals surface area contributed by atoms with Crippen LogP contribution < -0.4 is 20.9 Å². The number of nitrogens with one attached hydrogen (secondary N) is 1. The first-order valence-corrected chi connectivity index (χ1v) is 5.77. The Bertz CT molecular complexity index is 445. The van der Waals surface area contributed by atoms with Gasteiger partial charge in [-0.3, -0.25) is 4.79 Å². The first-order valence-electron chi connectivity index (χ1n) is 5.77. The highest BCUT2D eigenvalue weighted by Gasteiger charge is 2.33. The number of nitrogens with two attached hydrogens (primary N) is 1. The second kappa shape index (κ2) is 4.75. The Labute approximate surface area is 99.8 Å². The van der Waals surface area contributed by atoms with Crippen LogP contribution in [0.4, 0.5) is 5.82 Å². The van der Waals surface area contributed by atoms with Crippen LogP contribution in [0.15, 0.2) is 11.1 Å². The van der Waals surface area contributed by atoms with Gasteiger partial charge >= 0.3 is 0 Å². The topological polar surface area (TPSA) is 84.2 Å². The van der Waals surface area contributed by atoms with Gasteiger partial charge in [-0.15, -0.1) is 0 Å². The molecule has 1 aliphatic rings. The average molecular weight is 238 g/mol. The summed E-state index contributed by atoms with van der Waals surface area (Å²) in [5.41, 5.74) is 5.53. The van der Waals surface area contributed by atoms with Gasteiger partial charge in [-0.25, -0.2) is 4.98 Å². The summed E-state index contributed by atoms with van der Waals surface area (Å²) in [5.74, 6) is 1.36.